The third-order valence-corrected chi connectivity index (χ3v) is 9.76. The van der Waals surface area contributed by atoms with Crippen LogP contribution in [0.2, 0.25) is 10.0 Å². The molecule has 9 nitrogen and oxygen atoms in total. The van der Waals surface area contributed by atoms with Crippen molar-refractivity contribution in [3.05, 3.63) is 118 Å². The highest BCUT2D eigenvalue weighted by Gasteiger charge is 2.36. The van der Waals surface area contributed by atoms with Crippen molar-refractivity contribution in [1.82, 2.24) is 10.2 Å². The third-order valence-electron chi connectivity index (χ3n) is 7.28. The number of hydrogen-bond donors (Lipinski definition) is 1. The molecule has 0 saturated heterocycles. The molecule has 0 aromatic heterocycles. The average Bonchev–Trinajstić information content (AvgIpc) is 3.06. The van der Waals surface area contributed by atoms with Gasteiger partial charge in [-0.25, -0.2) is 8.42 Å². The number of amides is 2. The molecule has 12 heteroatoms. The summed E-state index contributed by atoms with van der Waals surface area (Å²) in [4.78, 5) is 29.6. The van der Waals surface area contributed by atoms with Crippen molar-refractivity contribution in [3.63, 3.8) is 0 Å². The van der Waals surface area contributed by atoms with Crippen LogP contribution in [-0.4, -0.2) is 58.5 Å². The first kappa shape index (κ1) is 34.6. The fraction of sp³-hybridized carbons (Fsp3) is 0.235. The van der Waals surface area contributed by atoms with Crippen molar-refractivity contribution in [2.75, 3.05) is 31.6 Å². The van der Waals surface area contributed by atoms with Crippen LogP contribution < -0.4 is 19.1 Å². The van der Waals surface area contributed by atoms with E-state index in [4.69, 9.17) is 32.7 Å². The second-order valence-electron chi connectivity index (χ2n) is 10.2. The molecule has 4 rings (SSSR count). The number of halogens is 2. The van der Waals surface area contributed by atoms with Gasteiger partial charge in [0.15, 0.2) is 0 Å². The molecule has 46 heavy (non-hydrogen) atoms. The lowest BCUT2D eigenvalue weighted by molar-refractivity contribution is -0.140. The molecule has 2 amide bonds. The van der Waals surface area contributed by atoms with Gasteiger partial charge in [-0.3, -0.25) is 13.9 Å². The lowest BCUT2D eigenvalue weighted by Gasteiger charge is -2.34. The second-order valence-corrected chi connectivity index (χ2v) is 12.9. The minimum Gasteiger partial charge on any atom is -0.497 e. The summed E-state index contributed by atoms with van der Waals surface area (Å²) < 4.78 is 40.4. The van der Waals surface area contributed by atoms with E-state index in [0.717, 1.165) is 9.87 Å². The van der Waals surface area contributed by atoms with Gasteiger partial charge in [0.25, 0.3) is 10.0 Å². The number of sulfonamides is 1. The van der Waals surface area contributed by atoms with E-state index in [1.165, 1.54) is 37.3 Å². The van der Waals surface area contributed by atoms with Gasteiger partial charge in [-0.2, -0.15) is 0 Å². The molecule has 0 aliphatic rings. The molecule has 0 bridgehead atoms. The van der Waals surface area contributed by atoms with Crippen molar-refractivity contribution in [2.24, 2.45) is 0 Å². The smallest absolute Gasteiger partial charge is 0.264 e. The number of carbonyl (C=O) groups excluding carboxylic acids is 2. The number of nitrogens with zero attached hydrogens (tertiary/aromatic N) is 2. The molecule has 4 aromatic carbocycles. The molecular weight excluding hydrogens is 649 g/mol. The van der Waals surface area contributed by atoms with E-state index in [2.05, 4.69) is 5.32 Å². The van der Waals surface area contributed by atoms with Crippen LogP contribution in [0.4, 0.5) is 5.69 Å². The monoisotopic (exact) mass is 683 g/mol. The fourth-order valence-corrected chi connectivity index (χ4v) is 6.88. The van der Waals surface area contributed by atoms with Crippen LogP contribution in [0.15, 0.2) is 102 Å². The zero-order valence-electron chi connectivity index (χ0n) is 25.7. The Hall–Kier alpha value is -4.25. The van der Waals surface area contributed by atoms with Gasteiger partial charge in [-0.1, -0.05) is 77.8 Å². The Kier molecular flexibility index (Phi) is 11.9. The van der Waals surface area contributed by atoms with Gasteiger partial charge in [-0.15, -0.1) is 0 Å². The van der Waals surface area contributed by atoms with E-state index in [1.54, 1.807) is 55.5 Å². The minimum absolute atomic E-state index is 0.0436. The first-order chi connectivity index (χ1) is 22.1. The summed E-state index contributed by atoms with van der Waals surface area (Å²) in [6, 6.07) is 25.5. The van der Waals surface area contributed by atoms with Gasteiger partial charge >= 0.3 is 0 Å². The molecule has 242 valence electrons. The Labute approximate surface area is 279 Å². The Balaban J connectivity index is 1.88. The summed E-state index contributed by atoms with van der Waals surface area (Å²) in [6.45, 7) is 1.24. The van der Waals surface area contributed by atoms with Gasteiger partial charge in [0.2, 0.25) is 11.8 Å². The highest BCUT2D eigenvalue weighted by Crippen LogP contribution is 2.36. The summed E-state index contributed by atoms with van der Waals surface area (Å²) >= 11 is 13.1. The van der Waals surface area contributed by atoms with Crippen molar-refractivity contribution in [3.8, 4) is 11.5 Å². The van der Waals surface area contributed by atoms with Crippen molar-refractivity contribution >= 4 is 50.7 Å². The van der Waals surface area contributed by atoms with Crippen LogP contribution >= 0.6 is 23.2 Å². The predicted octanol–water partition coefficient (Wildman–Crippen LogP) is 5.98. The van der Waals surface area contributed by atoms with Crippen molar-refractivity contribution < 1.29 is 27.5 Å². The number of likely N-dealkylation sites (N-methyl/N-ethyl adjacent to an activating group) is 1. The van der Waals surface area contributed by atoms with Gasteiger partial charge in [0.1, 0.15) is 24.1 Å². The number of benzene rings is 4. The summed E-state index contributed by atoms with van der Waals surface area (Å²) in [5.41, 5.74) is 1.29. The van der Waals surface area contributed by atoms with E-state index in [1.807, 2.05) is 30.3 Å². The number of methoxy groups -OCH3 is 2. The standard InChI is InChI=1S/C34H35Cl2N3O6S/c1-4-37-34(41)31(20-24-12-7-5-8-13-24)38(22-27-28(35)16-11-17-29(27)36)33(40)23-39(46(42,43)26-14-9-6-10-15-26)30-21-25(44-2)18-19-32(30)45-3/h5-19,21,31H,4,20,22-23H2,1-3H3,(H,37,41)/t31-/m0/s1. The molecule has 0 unspecified atom stereocenters. The molecular formula is C34H35Cl2N3O6S. The minimum atomic E-state index is -4.35. The molecule has 0 radical (unpaired) electrons. The zero-order chi connectivity index (χ0) is 33.3. The molecule has 0 heterocycles. The van der Waals surface area contributed by atoms with Crippen LogP contribution in [0.1, 0.15) is 18.1 Å². The van der Waals surface area contributed by atoms with Gasteiger partial charge < -0.3 is 19.7 Å². The van der Waals surface area contributed by atoms with Gasteiger partial charge in [0.05, 0.1) is 24.8 Å². The van der Waals surface area contributed by atoms with E-state index >= 15 is 0 Å². The Bertz CT molecular complexity index is 1740. The normalized spacial score (nSPS) is 11.8. The van der Waals surface area contributed by atoms with E-state index in [-0.39, 0.29) is 29.3 Å². The van der Waals surface area contributed by atoms with Gasteiger partial charge in [-0.05, 0) is 48.9 Å². The number of hydrogen-bond acceptors (Lipinski definition) is 6. The molecule has 1 atom stereocenters. The first-order valence-corrected chi connectivity index (χ1v) is 16.6. The van der Waals surface area contributed by atoms with Gasteiger partial charge in [0, 0.05) is 41.2 Å². The molecule has 0 fully saturated rings. The van der Waals surface area contributed by atoms with Crippen LogP contribution in [-0.2, 0) is 32.6 Å². The van der Waals surface area contributed by atoms with E-state index < -0.39 is 34.4 Å². The molecule has 0 saturated carbocycles. The first-order valence-electron chi connectivity index (χ1n) is 14.4. The Morgan fingerprint density at radius 1 is 0.848 bits per heavy atom. The van der Waals surface area contributed by atoms with Crippen molar-refractivity contribution in [1.29, 1.82) is 0 Å². The Morgan fingerprint density at radius 3 is 2.07 bits per heavy atom. The number of carbonyl (C=O) groups is 2. The number of nitrogens with one attached hydrogen (secondary N) is 1. The maximum Gasteiger partial charge on any atom is 0.264 e. The quantitative estimate of drug-likeness (QED) is 0.175. The highest BCUT2D eigenvalue weighted by atomic mass is 35.5. The highest BCUT2D eigenvalue weighted by molar-refractivity contribution is 7.92. The third kappa shape index (κ3) is 8.12. The fourth-order valence-electron chi connectivity index (χ4n) is 4.92. The predicted molar refractivity (Wildman–Crippen MR) is 180 cm³/mol. The number of ether oxygens (including phenoxy) is 2. The number of anilines is 1. The summed E-state index contributed by atoms with van der Waals surface area (Å²) in [6.07, 6.45) is 0.147. The molecule has 1 N–H and O–H groups in total. The zero-order valence-corrected chi connectivity index (χ0v) is 28.0. The lowest BCUT2D eigenvalue weighted by Crippen LogP contribution is -2.53. The van der Waals surface area contributed by atoms with Crippen LogP contribution in [0.3, 0.4) is 0 Å². The topological polar surface area (TPSA) is 105 Å². The van der Waals surface area contributed by atoms with E-state index in [9.17, 15) is 18.0 Å². The molecule has 0 aliphatic carbocycles. The maximum absolute atomic E-state index is 14.6. The summed E-state index contributed by atoms with van der Waals surface area (Å²) in [5.74, 6) is -0.550. The lowest BCUT2D eigenvalue weighted by atomic mass is 10.0. The van der Waals surface area contributed by atoms with Crippen LogP contribution in [0.5, 0.6) is 11.5 Å². The summed E-state index contributed by atoms with van der Waals surface area (Å²) in [5, 5.41) is 3.41. The Morgan fingerprint density at radius 2 is 1.48 bits per heavy atom. The molecule has 0 aliphatic heterocycles. The van der Waals surface area contributed by atoms with Crippen molar-refractivity contribution in [2.45, 2.75) is 30.8 Å². The SMILES string of the molecule is CCNC(=O)[C@H](Cc1ccccc1)N(Cc1c(Cl)cccc1Cl)C(=O)CN(c1cc(OC)ccc1OC)S(=O)(=O)c1ccccc1. The van der Waals surface area contributed by atoms with Crippen LogP contribution in [0.25, 0.3) is 0 Å². The summed E-state index contributed by atoms with van der Waals surface area (Å²) in [7, 11) is -1.50. The van der Waals surface area contributed by atoms with E-state index in [0.29, 0.717) is 27.9 Å². The largest absolute Gasteiger partial charge is 0.497 e. The average molecular weight is 685 g/mol. The van der Waals surface area contributed by atoms with Crippen LogP contribution in [0, 0.1) is 0 Å². The maximum atomic E-state index is 14.6. The molecule has 0 spiro atoms. The second kappa shape index (κ2) is 15.8. The number of rotatable bonds is 14. The molecule has 4 aromatic rings.